The van der Waals surface area contributed by atoms with Crippen LogP contribution in [0.4, 0.5) is 4.79 Å². The third-order valence-corrected chi connectivity index (χ3v) is 5.86. The molecule has 1 N–H and O–H groups in total. The Morgan fingerprint density at radius 1 is 1.04 bits per heavy atom. The molecule has 2 unspecified atom stereocenters. The van der Waals surface area contributed by atoms with Crippen LogP contribution < -0.4 is 5.32 Å². The normalized spacial score (nSPS) is 22.9. The van der Waals surface area contributed by atoms with Crippen molar-refractivity contribution in [1.29, 1.82) is 0 Å². The molecule has 3 amide bonds. The second-order valence-corrected chi connectivity index (χ2v) is 7.90. The Labute approximate surface area is 155 Å². The molecule has 7 heteroatoms. The van der Waals surface area contributed by atoms with Crippen LogP contribution in [0, 0.1) is 0 Å². The molecule has 0 spiro atoms. The second kappa shape index (κ2) is 10.0. The molecule has 2 heterocycles. The second-order valence-electron chi connectivity index (χ2n) is 6.84. The molecule has 0 aliphatic carbocycles. The topological polar surface area (TPSA) is 65.0 Å². The summed E-state index contributed by atoms with van der Waals surface area (Å²) < 4.78 is 0. The van der Waals surface area contributed by atoms with Crippen LogP contribution in [-0.4, -0.2) is 58.5 Å². The van der Waals surface area contributed by atoms with Crippen molar-refractivity contribution in [3.63, 3.8) is 0 Å². The van der Waals surface area contributed by atoms with E-state index in [1.54, 1.807) is 18.8 Å². The average molecular weight is 369 g/mol. The summed E-state index contributed by atoms with van der Waals surface area (Å²) in [5.74, 6) is 0.794. The van der Waals surface area contributed by atoms with Crippen LogP contribution >= 0.6 is 11.8 Å². The fraction of sp³-hybridized carbons (Fsp3) is 0.833. The fourth-order valence-corrected chi connectivity index (χ4v) is 4.40. The van der Waals surface area contributed by atoms with Gasteiger partial charge < -0.3 is 9.80 Å². The summed E-state index contributed by atoms with van der Waals surface area (Å²) >= 11 is 1.73. The van der Waals surface area contributed by atoms with Crippen LogP contribution in [0.15, 0.2) is 4.99 Å². The lowest BCUT2D eigenvalue weighted by molar-refractivity contribution is -0.127. The van der Waals surface area contributed by atoms with Crippen molar-refractivity contribution >= 4 is 28.9 Å². The molecule has 1 fully saturated rings. The number of nitrogens with one attached hydrogen (secondary N) is 1. The maximum absolute atomic E-state index is 12.3. The van der Waals surface area contributed by atoms with Gasteiger partial charge in [0.05, 0.1) is 0 Å². The molecule has 0 aromatic rings. The summed E-state index contributed by atoms with van der Waals surface area (Å²) in [4.78, 5) is 32.4. The van der Waals surface area contributed by atoms with E-state index in [0.29, 0.717) is 0 Å². The van der Waals surface area contributed by atoms with E-state index in [9.17, 15) is 9.59 Å². The summed E-state index contributed by atoms with van der Waals surface area (Å²) in [6.45, 7) is 5.13. The largest absolute Gasteiger partial charge is 0.336 e. The van der Waals surface area contributed by atoms with E-state index in [1.807, 2.05) is 0 Å². The lowest BCUT2D eigenvalue weighted by Crippen LogP contribution is -2.63. The summed E-state index contributed by atoms with van der Waals surface area (Å²) in [5.41, 5.74) is 0. The Bertz CT molecular complexity index is 497. The highest BCUT2D eigenvalue weighted by molar-refractivity contribution is 8.13. The van der Waals surface area contributed by atoms with Crippen LogP contribution in [-0.2, 0) is 4.79 Å². The van der Waals surface area contributed by atoms with Gasteiger partial charge >= 0.3 is 6.03 Å². The molecule has 0 bridgehead atoms. The van der Waals surface area contributed by atoms with E-state index in [4.69, 9.17) is 4.99 Å². The molecular formula is C18H32N4O2S. The van der Waals surface area contributed by atoms with Gasteiger partial charge in [0.1, 0.15) is 0 Å². The molecule has 1 saturated heterocycles. The Kier molecular flexibility index (Phi) is 8.06. The van der Waals surface area contributed by atoms with Gasteiger partial charge in [0, 0.05) is 19.3 Å². The van der Waals surface area contributed by atoms with Crippen molar-refractivity contribution in [3.8, 4) is 0 Å². The third kappa shape index (κ3) is 5.12. The van der Waals surface area contributed by atoms with Gasteiger partial charge in [-0.2, -0.15) is 0 Å². The zero-order chi connectivity index (χ0) is 18.2. The van der Waals surface area contributed by atoms with E-state index in [0.717, 1.165) is 23.9 Å². The number of nitrogens with zero attached hydrogens (tertiary/aromatic N) is 3. The predicted molar refractivity (Wildman–Crippen MR) is 104 cm³/mol. The van der Waals surface area contributed by atoms with Gasteiger partial charge in [0.25, 0.3) is 5.91 Å². The molecule has 2 atom stereocenters. The number of hydrogen-bond acceptors (Lipinski definition) is 5. The number of rotatable bonds is 10. The smallest absolute Gasteiger partial charge is 0.325 e. The number of fused-ring (bicyclic) bond motifs is 1. The SMILES string of the molecule is CCCCCCCCCSC1=NC2C(C(=O)NC(=O)N2C)N1CCC. The number of urea groups is 1. The molecular weight excluding hydrogens is 336 g/mol. The van der Waals surface area contributed by atoms with Crippen molar-refractivity contribution in [2.75, 3.05) is 19.3 Å². The Balaban J connectivity index is 1.83. The molecule has 6 nitrogen and oxygen atoms in total. The van der Waals surface area contributed by atoms with Crippen LogP contribution in [0.5, 0.6) is 0 Å². The molecule has 25 heavy (non-hydrogen) atoms. The Hall–Kier alpha value is -1.24. The highest BCUT2D eigenvalue weighted by Gasteiger charge is 2.48. The molecule has 2 rings (SSSR count). The van der Waals surface area contributed by atoms with E-state index < -0.39 is 0 Å². The lowest BCUT2D eigenvalue weighted by atomic mass is 10.1. The number of imide groups is 1. The van der Waals surface area contributed by atoms with Crippen LogP contribution in [0.1, 0.15) is 65.2 Å². The van der Waals surface area contributed by atoms with Crippen molar-refractivity contribution in [1.82, 2.24) is 15.1 Å². The Morgan fingerprint density at radius 3 is 2.40 bits per heavy atom. The monoisotopic (exact) mass is 368 g/mol. The van der Waals surface area contributed by atoms with Gasteiger partial charge in [-0.3, -0.25) is 10.1 Å². The standard InChI is InChI=1S/C18H32N4O2S/c1-4-6-7-8-9-10-11-13-25-18-19-15-14(22(18)12-5-2)16(23)20-17(24)21(15)3/h14-15H,4-13H2,1-3H3,(H,20,23,24). The lowest BCUT2D eigenvalue weighted by Gasteiger charge is -2.36. The average Bonchev–Trinajstić information content (AvgIpc) is 2.95. The zero-order valence-corrected chi connectivity index (χ0v) is 16.6. The van der Waals surface area contributed by atoms with Gasteiger partial charge in [0.15, 0.2) is 17.4 Å². The quantitative estimate of drug-likeness (QED) is 0.600. The van der Waals surface area contributed by atoms with Crippen molar-refractivity contribution in [2.45, 2.75) is 77.4 Å². The number of unbranched alkanes of at least 4 members (excludes halogenated alkanes) is 6. The first-order valence-corrected chi connectivity index (χ1v) is 10.6. The number of carbonyl (C=O) groups is 2. The van der Waals surface area contributed by atoms with Gasteiger partial charge in [-0.1, -0.05) is 64.1 Å². The van der Waals surface area contributed by atoms with Gasteiger partial charge in [-0.25, -0.2) is 9.79 Å². The Morgan fingerprint density at radius 2 is 1.72 bits per heavy atom. The molecule has 0 aromatic heterocycles. The summed E-state index contributed by atoms with van der Waals surface area (Å²) in [6.07, 6.45) is 9.60. The number of carbonyl (C=O) groups excluding carboxylic acids is 2. The minimum atomic E-state index is -0.385. The van der Waals surface area contributed by atoms with Crippen LogP contribution in [0.3, 0.4) is 0 Å². The van der Waals surface area contributed by atoms with Crippen LogP contribution in [0.25, 0.3) is 0 Å². The number of likely N-dealkylation sites (N-methyl/N-ethyl adjacent to an activating group) is 1. The number of aliphatic imine (C=N–C) groups is 1. The van der Waals surface area contributed by atoms with Crippen molar-refractivity contribution < 1.29 is 9.59 Å². The summed E-state index contributed by atoms with van der Waals surface area (Å²) in [6, 6.07) is -0.732. The van der Waals surface area contributed by atoms with Crippen molar-refractivity contribution in [2.24, 2.45) is 4.99 Å². The molecule has 0 aromatic carbocycles. The predicted octanol–water partition coefficient (Wildman–Crippen LogP) is 3.43. The number of amidine groups is 1. The molecule has 2 aliphatic heterocycles. The third-order valence-electron chi connectivity index (χ3n) is 4.77. The van der Waals surface area contributed by atoms with Gasteiger partial charge in [0.2, 0.25) is 0 Å². The highest BCUT2D eigenvalue weighted by atomic mass is 32.2. The number of hydrogen-bond donors (Lipinski definition) is 1. The summed E-state index contributed by atoms with van der Waals surface area (Å²) in [5, 5.41) is 3.35. The number of amides is 3. The molecule has 142 valence electrons. The van der Waals surface area contributed by atoms with E-state index in [-0.39, 0.29) is 24.1 Å². The summed E-state index contributed by atoms with van der Waals surface area (Å²) in [7, 11) is 1.71. The van der Waals surface area contributed by atoms with Crippen molar-refractivity contribution in [3.05, 3.63) is 0 Å². The van der Waals surface area contributed by atoms with E-state index in [1.165, 1.54) is 49.8 Å². The maximum atomic E-state index is 12.3. The first kappa shape index (κ1) is 20.1. The highest BCUT2D eigenvalue weighted by Crippen LogP contribution is 2.29. The molecule has 0 saturated carbocycles. The first-order chi connectivity index (χ1) is 12.1. The minimum Gasteiger partial charge on any atom is -0.336 e. The van der Waals surface area contributed by atoms with Gasteiger partial charge in [-0.05, 0) is 12.8 Å². The van der Waals surface area contributed by atoms with Crippen LogP contribution in [0.2, 0.25) is 0 Å². The van der Waals surface area contributed by atoms with E-state index >= 15 is 0 Å². The van der Waals surface area contributed by atoms with Gasteiger partial charge in [-0.15, -0.1) is 0 Å². The minimum absolute atomic E-state index is 0.225. The maximum Gasteiger partial charge on any atom is 0.325 e. The fourth-order valence-electron chi connectivity index (χ4n) is 3.32. The number of thioether (sulfide) groups is 1. The zero-order valence-electron chi connectivity index (χ0n) is 15.8. The molecule has 2 aliphatic rings. The first-order valence-electron chi connectivity index (χ1n) is 9.65. The molecule has 0 radical (unpaired) electrons. The van der Waals surface area contributed by atoms with E-state index in [2.05, 4.69) is 24.1 Å².